The zero-order valence-corrected chi connectivity index (χ0v) is 23.2. The van der Waals surface area contributed by atoms with Crippen LogP contribution < -0.4 is 10.1 Å². The molecule has 2 aromatic heterocycles. The number of alkyl halides is 2. The van der Waals surface area contributed by atoms with Crippen LogP contribution in [0.2, 0.25) is 5.02 Å². The molecule has 0 aliphatic rings. The SMILES string of the molecule is COCC(c1ccc(Cl)c(-c2nccc(OC)n2)c1)N(C=O)C(=N)NC(C)c1ccc(-c2cnn(C(F)F)c2)cc1. The van der Waals surface area contributed by atoms with Gasteiger partial charge in [-0.05, 0) is 35.7 Å². The number of hydrogen-bond donors (Lipinski definition) is 2. The number of nitrogens with zero attached hydrogens (tertiary/aromatic N) is 5. The molecule has 0 radical (unpaired) electrons. The Morgan fingerprint density at radius 3 is 2.51 bits per heavy atom. The Bertz CT molecular complexity index is 1500. The van der Waals surface area contributed by atoms with Gasteiger partial charge in [0.1, 0.15) is 0 Å². The standard InChI is InChI=1S/C28H28ClF2N7O3/c1-17(18-4-6-19(7-5-18)21-13-34-38(14-21)27(30)31)35-28(32)37(16-39)24(15-40-2)20-8-9-23(29)22(12-20)26-33-11-10-25(36-26)41-3/h4-14,16-17,24,27H,15H2,1-3H3,(H2,32,35). The molecule has 2 atom stereocenters. The molecule has 0 bridgehead atoms. The van der Waals surface area contributed by atoms with Gasteiger partial charge in [0, 0.05) is 36.7 Å². The van der Waals surface area contributed by atoms with Gasteiger partial charge in [-0.2, -0.15) is 18.9 Å². The molecule has 2 unspecified atom stereocenters. The van der Waals surface area contributed by atoms with Gasteiger partial charge in [0.15, 0.2) is 11.8 Å². The molecular weight excluding hydrogens is 556 g/mol. The molecule has 2 N–H and O–H groups in total. The van der Waals surface area contributed by atoms with Crippen molar-refractivity contribution in [2.45, 2.75) is 25.6 Å². The van der Waals surface area contributed by atoms with Crippen LogP contribution in [-0.4, -0.2) is 57.8 Å². The van der Waals surface area contributed by atoms with Gasteiger partial charge in [0.05, 0.1) is 37.0 Å². The van der Waals surface area contributed by atoms with Crippen LogP contribution in [-0.2, 0) is 9.53 Å². The summed E-state index contributed by atoms with van der Waals surface area (Å²) in [6.07, 6.45) is 4.76. The number of guanidine groups is 1. The smallest absolute Gasteiger partial charge is 0.333 e. The summed E-state index contributed by atoms with van der Waals surface area (Å²) in [6.45, 7) is -0.776. The summed E-state index contributed by atoms with van der Waals surface area (Å²) in [6, 6.07) is 13.0. The van der Waals surface area contributed by atoms with Gasteiger partial charge in [-0.15, -0.1) is 0 Å². The Balaban J connectivity index is 1.53. The average Bonchev–Trinajstić information content (AvgIpc) is 3.48. The first kappa shape index (κ1) is 29.6. The fraction of sp³-hybridized carbons (Fsp3) is 0.250. The Kier molecular flexibility index (Phi) is 9.58. The van der Waals surface area contributed by atoms with Crippen LogP contribution in [0.15, 0.2) is 67.1 Å². The Labute approximate surface area is 240 Å². The highest BCUT2D eigenvalue weighted by Gasteiger charge is 2.25. The van der Waals surface area contributed by atoms with Gasteiger partial charge in [-0.3, -0.25) is 15.1 Å². The van der Waals surface area contributed by atoms with Crippen molar-refractivity contribution in [3.05, 3.63) is 83.3 Å². The molecule has 13 heteroatoms. The van der Waals surface area contributed by atoms with Crippen LogP contribution in [0.5, 0.6) is 5.88 Å². The Hall–Kier alpha value is -4.42. The lowest BCUT2D eigenvalue weighted by atomic mass is 10.0. The van der Waals surface area contributed by atoms with Crippen LogP contribution >= 0.6 is 11.6 Å². The molecule has 0 fully saturated rings. The highest BCUT2D eigenvalue weighted by molar-refractivity contribution is 6.33. The number of ether oxygens (including phenoxy) is 2. The first-order valence-corrected chi connectivity index (χ1v) is 12.8. The Morgan fingerprint density at radius 1 is 1.15 bits per heavy atom. The molecule has 0 spiro atoms. The van der Waals surface area contributed by atoms with E-state index < -0.39 is 12.6 Å². The largest absolute Gasteiger partial charge is 0.481 e. The van der Waals surface area contributed by atoms with Crippen molar-refractivity contribution >= 4 is 24.0 Å². The topological polar surface area (TPSA) is 118 Å². The van der Waals surface area contributed by atoms with Crippen LogP contribution in [0.3, 0.4) is 0 Å². The lowest BCUT2D eigenvalue weighted by Crippen LogP contribution is -2.44. The van der Waals surface area contributed by atoms with Gasteiger partial charge in [-0.1, -0.05) is 41.9 Å². The van der Waals surface area contributed by atoms with Crippen molar-refractivity contribution in [3.8, 4) is 28.4 Å². The molecule has 2 aromatic carbocycles. The second-order valence-corrected chi connectivity index (χ2v) is 9.38. The summed E-state index contributed by atoms with van der Waals surface area (Å²) in [5, 5.41) is 15.8. The molecule has 0 saturated heterocycles. The van der Waals surface area contributed by atoms with E-state index in [1.807, 2.05) is 19.1 Å². The molecule has 214 valence electrons. The number of carbonyl (C=O) groups excluding carboxylic acids is 1. The first-order valence-electron chi connectivity index (χ1n) is 12.4. The third kappa shape index (κ3) is 6.84. The van der Waals surface area contributed by atoms with Crippen LogP contribution in [0.25, 0.3) is 22.5 Å². The van der Waals surface area contributed by atoms with Crippen molar-refractivity contribution in [3.63, 3.8) is 0 Å². The van der Waals surface area contributed by atoms with Crippen molar-refractivity contribution in [2.24, 2.45) is 0 Å². The maximum absolute atomic E-state index is 12.9. The second kappa shape index (κ2) is 13.3. The van der Waals surface area contributed by atoms with Crippen LogP contribution in [0.1, 0.15) is 36.7 Å². The number of benzene rings is 2. The molecule has 10 nitrogen and oxygen atoms in total. The fourth-order valence-electron chi connectivity index (χ4n) is 4.21. The molecule has 0 aliphatic carbocycles. The molecular formula is C28H28ClF2N7O3. The molecule has 0 saturated carbocycles. The summed E-state index contributed by atoms with van der Waals surface area (Å²) in [4.78, 5) is 22.1. The minimum atomic E-state index is -2.71. The predicted molar refractivity (Wildman–Crippen MR) is 150 cm³/mol. The van der Waals surface area contributed by atoms with E-state index in [4.69, 9.17) is 26.5 Å². The number of carbonyl (C=O) groups is 1. The monoisotopic (exact) mass is 583 g/mol. The number of hydrogen-bond acceptors (Lipinski definition) is 7. The van der Waals surface area contributed by atoms with E-state index in [1.54, 1.807) is 42.6 Å². The first-order chi connectivity index (χ1) is 19.7. The lowest BCUT2D eigenvalue weighted by Gasteiger charge is -2.30. The maximum atomic E-state index is 12.9. The zero-order valence-electron chi connectivity index (χ0n) is 22.5. The number of methoxy groups -OCH3 is 2. The zero-order chi connectivity index (χ0) is 29.5. The molecule has 1 amide bonds. The number of halogens is 3. The average molecular weight is 584 g/mol. The Morgan fingerprint density at radius 2 is 1.88 bits per heavy atom. The third-order valence-corrected chi connectivity index (χ3v) is 6.72. The minimum absolute atomic E-state index is 0.0955. The summed E-state index contributed by atoms with van der Waals surface area (Å²) >= 11 is 6.46. The van der Waals surface area contributed by atoms with E-state index in [9.17, 15) is 13.6 Å². The summed E-state index contributed by atoms with van der Waals surface area (Å²) in [5.74, 6) is 0.568. The molecule has 4 rings (SSSR count). The van der Waals surface area contributed by atoms with E-state index in [1.165, 1.54) is 31.5 Å². The number of aromatic nitrogens is 4. The highest BCUT2D eigenvalue weighted by atomic mass is 35.5. The third-order valence-electron chi connectivity index (χ3n) is 6.39. The van der Waals surface area contributed by atoms with Gasteiger partial charge in [-0.25, -0.2) is 9.67 Å². The van der Waals surface area contributed by atoms with E-state index in [0.29, 0.717) is 44.5 Å². The highest BCUT2D eigenvalue weighted by Crippen LogP contribution is 2.31. The van der Waals surface area contributed by atoms with Gasteiger partial charge < -0.3 is 14.8 Å². The quantitative estimate of drug-likeness (QED) is 0.136. The van der Waals surface area contributed by atoms with Gasteiger partial charge >= 0.3 is 6.55 Å². The predicted octanol–water partition coefficient (Wildman–Crippen LogP) is 5.50. The maximum Gasteiger partial charge on any atom is 0.333 e. The lowest BCUT2D eigenvalue weighted by molar-refractivity contribution is -0.117. The van der Waals surface area contributed by atoms with Crippen molar-refractivity contribution in [1.82, 2.24) is 30.0 Å². The van der Waals surface area contributed by atoms with Crippen molar-refractivity contribution < 1.29 is 23.0 Å². The normalized spacial score (nSPS) is 12.6. The summed E-state index contributed by atoms with van der Waals surface area (Å²) in [7, 11) is 3.00. The van der Waals surface area contributed by atoms with E-state index in [2.05, 4.69) is 20.4 Å². The number of nitrogens with one attached hydrogen (secondary N) is 2. The van der Waals surface area contributed by atoms with E-state index >= 15 is 0 Å². The second-order valence-electron chi connectivity index (χ2n) is 8.97. The summed E-state index contributed by atoms with van der Waals surface area (Å²) < 4.78 is 36.9. The fourth-order valence-corrected chi connectivity index (χ4v) is 4.41. The number of amides is 1. The molecule has 2 heterocycles. The molecule has 4 aromatic rings. The van der Waals surface area contributed by atoms with Crippen molar-refractivity contribution in [1.29, 1.82) is 5.41 Å². The molecule has 0 aliphatic heterocycles. The van der Waals surface area contributed by atoms with Gasteiger partial charge in [0.25, 0.3) is 0 Å². The van der Waals surface area contributed by atoms with Crippen LogP contribution in [0, 0.1) is 5.41 Å². The van der Waals surface area contributed by atoms with Gasteiger partial charge in [0.2, 0.25) is 12.3 Å². The van der Waals surface area contributed by atoms with Crippen molar-refractivity contribution in [2.75, 3.05) is 20.8 Å². The molecule has 41 heavy (non-hydrogen) atoms. The summed E-state index contributed by atoms with van der Waals surface area (Å²) in [5.41, 5.74) is 3.27. The van der Waals surface area contributed by atoms with E-state index in [-0.39, 0.29) is 18.6 Å². The van der Waals surface area contributed by atoms with Crippen LogP contribution in [0.4, 0.5) is 8.78 Å². The van der Waals surface area contributed by atoms with E-state index in [0.717, 1.165) is 11.1 Å². The number of rotatable bonds is 11. The minimum Gasteiger partial charge on any atom is -0.481 e.